The van der Waals surface area contributed by atoms with E-state index < -0.39 is 0 Å². The Bertz CT molecular complexity index is 228. The first-order valence-electron chi connectivity index (χ1n) is 7.77. The molecule has 0 aromatic carbocycles. The number of hydrogen-bond donors (Lipinski definition) is 0. The summed E-state index contributed by atoms with van der Waals surface area (Å²) >= 11 is 0. The van der Waals surface area contributed by atoms with E-state index in [2.05, 4.69) is 34.3 Å². The molecule has 0 amide bonds. The van der Waals surface area contributed by atoms with E-state index in [1.165, 1.54) is 50.5 Å². The molecule has 17 heavy (non-hydrogen) atoms. The van der Waals surface area contributed by atoms with Gasteiger partial charge in [-0.1, -0.05) is 59.1 Å². The van der Waals surface area contributed by atoms with Gasteiger partial charge in [-0.15, -0.1) is 0 Å². The van der Waals surface area contributed by atoms with Crippen molar-refractivity contribution in [3.05, 3.63) is 12.2 Å². The number of rotatable bonds is 6. The summed E-state index contributed by atoms with van der Waals surface area (Å²) in [5.74, 6) is 3.52. The fourth-order valence-electron chi connectivity index (χ4n) is 3.93. The van der Waals surface area contributed by atoms with Crippen molar-refractivity contribution in [2.75, 3.05) is 0 Å². The minimum Gasteiger partial charge on any atom is -0.0996 e. The van der Waals surface area contributed by atoms with Gasteiger partial charge < -0.3 is 0 Å². The van der Waals surface area contributed by atoms with Gasteiger partial charge in [-0.05, 0) is 49.4 Å². The molecule has 1 saturated carbocycles. The highest BCUT2D eigenvalue weighted by Crippen LogP contribution is 2.44. The molecule has 0 nitrogen and oxygen atoms in total. The Kier molecular flexibility index (Phi) is 6.30. The van der Waals surface area contributed by atoms with Gasteiger partial charge in [0.25, 0.3) is 0 Å². The van der Waals surface area contributed by atoms with Crippen molar-refractivity contribution >= 4 is 0 Å². The molecule has 4 unspecified atom stereocenters. The van der Waals surface area contributed by atoms with Gasteiger partial charge in [0, 0.05) is 0 Å². The quantitative estimate of drug-likeness (QED) is 0.402. The van der Waals surface area contributed by atoms with Gasteiger partial charge in [0.2, 0.25) is 0 Å². The summed E-state index contributed by atoms with van der Waals surface area (Å²) in [5, 5.41) is 0. The van der Waals surface area contributed by atoms with Crippen molar-refractivity contribution in [1.29, 1.82) is 0 Å². The normalized spacial score (nSPS) is 33.6. The van der Waals surface area contributed by atoms with Crippen molar-refractivity contribution in [1.82, 2.24) is 0 Å². The highest BCUT2D eigenvalue weighted by molar-refractivity contribution is 5.06. The highest BCUT2D eigenvalue weighted by Gasteiger charge is 2.34. The third-order valence-electron chi connectivity index (χ3n) is 4.70. The van der Waals surface area contributed by atoms with E-state index in [0.29, 0.717) is 0 Å². The van der Waals surface area contributed by atoms with Crippen molar-refractivity contribution in [2.45, 2.75) is 72.6 Å². The Hall–Kier alpha value is -0.260. The third kappa shape index (κ3) is 4.16. The molecule has 0 aliphatic heterocycles. The van der Waals surface area contributed by atoms with Crippen molar-refractivity contribution in [3.8, 4) is 0 Å². The van der Waals surface area contributed by atoms with Crippen LogP contribution in [0.5, 0.6) is 0 Å². The topological polar surface area (TPSA) is 0 Å². The van der Waals surface area contributed by atoms with E-state index in [0.717, 1.165) is 23.7 Å². The molecule has 0 heteroatoms. The van der Waals surface area contributed by atoms with Crippen LogP contribution in [0.1, 0.15) is 72.6 Å². The molecule has 1 fully saturated rings. The fraction of sp³-hybridized carbons (Fsp3) is 0.882. The molecular formula is C17H32. The average Bonchev–Trinajstić information content (AvgIpc) is 2.28. The summed E-state index contributed by atoms with van der Waals surface area (Å²) in [5.41, 5.74) is 1.52. The minimum atomic E-state index is 0.813. The summed E-state index contributed by atoms with van der Waals surface area (Å²) in [6, 6.07) is 0. The lowest BCUT2D eigenvalue weighted by atomic mass is 9.64. The molecule has 0 bridgehead atoms. The molecule has 0 aromatic rings. The largest absolute Gasteiger partial charge is 0.0996 e. The molecule has 1 rings (SSSR count). The lowest BCUT2D eigenvalue weighted by Gasteiger charge is -2.41. The Labute approximate surface area is 109 Å². The summed E-state index contributed by atoms with van der Waals surface area (Å²) < 4.78 is 0. The third-order valence-corrected chi connectivity index (χ3v) is 4.70. The smallest absolute Gasteiger partial charge is 0.0152 e. The molecule has 0 heterocycles. The van der Waals surface area contributed by atoms with E-state index in [1.807, 2.05) is 0 Å². The van der Waals surface area contributed by atoms with Crippen LogP contribution in [0.4, 0.5) is 0 Å². The number of hydrogen-bond acceptors (Lipinski definition) is 0. The van der Waals surface area contributed by atoms with Gasteiger partial charge in [0.15, 0.2) is 0 Å². The first kappa shape index (κ1) is 14.8. The minimum absolute atomic E-state index is 0.813. The Morgan fingerprint density at radius 3 is 2.41 bits per heavy atom. The summed E-state index contributed by atoms with van der Waals surface area (Å²) in [6.45, 7) is 13.8. The maximum absolute atomic E-state index is 4.35. The molecule has 0 saturated heterocycles. The van der Waals surface area contributed by atoms with Crippen molar-refractivity contribution < 1.29 is 0 Å². The predicted molar refractivity (Wildman–Crippen MR) is 78.1 cm³/mol. The van der Waals surface area contributed by atoms with Crippen LogP contribution in [0.25, 0.3) is 0 Å². The monoisotopic (exact) mass is 236 g/mol. The van der Waals surface area contributed by atoms with Gasteiger partial charge >= 0.3 is 0 Å². The van der Waals surface area contributed by atoms with E-state index in [4.69, 9.17) is 0 Å². The lowest BCUT2D eigenvalue weighted by Crippen LogP contribution is -2.31. The molecule has 0 spiro atoms. The standard InChI is InChI=1S/C17H32/c1-6-8-9-10-16-12-13(3)11-15(5)17(16)14(4)7-2/h13,15-17H,4,6-12H2,1-3,5H3. The second-order valence-electron chi connectivity index (χ2n) is 6.35. The molecule has 0 aromatic heterocycles. The van der Waals surface area contributed by atoms with Gasteiger partial charge in [0.05, 0.1) is 0 Å². The SMILES string of the molecule is C=C(CC)C1C(C)CC(C)CC1CCCCC. The Morgan fingerprint density at radius 1 is 1.12 bits per heavy atom. The van der Waals surface area contributed by atoms with Crippen LogP contribution in [0.2, 0.25) is 0 Å². The first-order valence-corrected chi connectivity index (χ1v) is 7.77. The van der Waals surface area contributed by atoms with Crippen LogP contribution in [0.15, 0.2) is 12.2 Å². The van der Waals surface area contributed by atoms with Gasteiger partial charge in [0.1, 0.15) is 0 Å². The van der Waals surface area contributed by atoms with Crippen molar-refractivity contribution in [3.63, 3.8) is 0 Å². The van der Waals surface area contributed by atoms with E-state index in [-0.39, 0.29) is 0 Å². The van der Waals surface area contributed by atoms with Crippen LogP contribution in [0, 0.1) is 23.7 Å². The van der Waals surface area contributed by atoms with Crippen LogP contribution >= 0.6 is 0 Å². The molecule has 100 valence electrons. The number of unbranched alkanes of at least 4 members (excludes halogenated alkanes) is 2. The zero-order chi connectivity index (χ0) is 12.8. The molecule has 1 aliphatic carbocycles. The second-order valence-corrected chi connectivity index (χ2v) is 6.35. The lowest BCUT2D eigenvalue weighted by molar-refractivity contribution is 0.138. The van der Waals surface area contributed by atoms with Crippen LogP contribution in [-0.2, 0) is 0 Å². The van der Waals surface area contributed by atoms with E-state index in [1.54, 1.807) is 0 Å². The Morgan fingerprint density at radius 2 is 1.82 bits per heavy atom. The maximum atomic E-state index is 4.35. The van der Waals surface area contributed by atoms with Gasteiger partial charge in [-0.3, -0.25) is 0 Å². The molecular weight excluding hydrogens is 204 g/mol. The summed E-state index contributed by atoms with van der Waals surface area (Å²) in [4.78, 5) is 0. The first-order chi connectivity index (χ1) is 8.10. The van der Waals surface area contributed by atoms with Crippen LogP contribution in [-0.4, -0.2) is 0 Å². The second kappa shape index (κ2) is 7.24. The number of allylic oxidation sites excluding steroid dienone is 1. The maximum Gasteiger partial charge on any atom is -0.0152 e. The fourth-order valence-corrected chi connectivity index (χ4v) is 3.93. The molecule has 1 aliphatic rings. The van der Waals surface area contributed by atoms with E-state index in [9.17, 15) is 0 Å². The zero-order valence-electron chi connectivity index (χ0n) is 12.5. The van der Waals surface area contributed by atoms with E-state index >= 15 is 0 Å². The molecule has 0 radical (unpaired) electrons. The predicted octanol–water partition coefficient (Wildman–Crippen LogP) is 5.83. The van der Waals surface area contributed by atoms with Gasteiger partial charge in [-0.2, -0.15) is 0 Å². The molecule has 4 atom stereocenters. The zero-order valence-corrected chi connectivity index (χ0v) is 12.5. The Balaban J connectivity index is 2.62. The average molecular weight is 236 g/mol. The molecule has 0 N–H and O–H groups in total. The van der Waals surface area contributed by atoms with Crippen LogP contribution in [0.3, 0.4) is 0 Å². The highest BCUT2D eigenvalue weighted by atomic mass is 14.4. The summed E-state index contributed by atoms with van der Waals surface area (Å²) in [6.07, 6.45) is 9.64. The van der Waals surface area contributed by atoms with Gasteiger partial charge in [-0.25, -0.2) is 0 Å². The summed E-state index contributed by atoms with van der Waals surface area (Å²) in [7, 11) is 0. The van der Waals surface area contributed by atoms with Crippen LogP contribution < -0.4 is 0 Å². The van der Waals surface area contributed by atoms with Crippen molar-refractivity contribution in [2.24, 2.45) is 23.7 Å².